The van der Waals surface area contributed by atoms with Crippen LogP contribution in [-0.4, -0.2) is 25.2 Å². The number of benzene rings is 1. The molecule has 0 spiro atoms. The Morgan fingerprint density at radius 2 is 1.30 bits per heavy atom. The first-order chi connectivity index (χ1) is 11.1. The van der Waals surface area contributed by atoms with E-state index in [4.69, 9.17) is 15.0 Å². The number of hydrogen-bond donors (Lipinski definition) is 0. The van der Waals surface area contributed by atoms with Crippen LogP contribution in [0.25, 0.3) is 0 Å². The zero-order valence-electron chi connectivity index (χ0n) is 16.2. The lowest BCUT2D eigenvalue weighted by Crippen LogP contribution is -2.17. The zero-order chi connectivity index (χ0) is 18.6. The van der Waals surface area contributed by atoms with Gasteiger partial charge in [-0.3, -0.25) is 0 Å². The molecule has 0 heterocycles. The van der Waals surface area contributed by atoms with Gasteiger partial charge in [-0.1, -0.05) is 39.8 Å². The van der Waals surface area contributed by atoms with Crippen molar-refractivity contribution in [3.63, 3.8) is 0 Å². The summed E-state index contributed by atoms with van der Waals surface area (Å²) in [6.45, 7) is 7.44. The first-order valence-corrected chi connectivity index (χ1v) is 6.52. The maximum absolute atomic E-state index is 12.3. The Kier molecular flexibility index (Phi) is 4.18. The summed E-state index contributed by atoms with van der Waals surface area (Å²) in [6, 6.07) is -2.42. The standard InChI is InChI=1S/C16H22O4/c1-11(2)9-19-15(17)13-7-5-6-8-14(13)16(18)20-10-12(3)4/h5-8,11-12H,9-10H2,1-4H3/i5D,6D,7D,8D. The molecule has 0 aromatic heterocycles. The third-order valence-corrected chi connectivity index (χ3v) is 2.19. The van der Waals surface area contributed by atoms with E-state index in [0.29, 0.717) is 0 Å². The fourth-order valence-electron chi connectivity index (χ4n) is 1.25. The third kappa shape index (κ3) is 5.03. The normalized spacial score (nSPS) is 13.5. The molecule has 110 valence electrons. The summed E-state index contributed by atoms with van der Waals surface area (Å²) >= 11 is 0. The number of carbonyl (C=O) groups is 2. The summed E-state index contributed by atoms with van der Waals surface area (Å²) in [5, 5.41) is 0. The zero-order valence-corrected chi connectivity index (χ0v) is 12.2. The van der Waals surface area contributed by atoms with Gasteiger partial charge in [0.15, 0.2) is 0 Å². The molecule has 1 rings (SSSR count). The highest BCUT2D eigenvalue weighted by Gasteiger charge is 2.19. The predicted molar refractivity (Wildman–Crippen MR) is 76.7 cm³/mol. The molecule has 0 atom stereocenters. The van der Waals surface area contributed by atoms with Gasteiger partial charge >= 0.3 is 11.9 Å². The van der Waals surface area contributed by atoms with Crippen LogP contribution in [0, 0.1) is 11.8 Å². The lowest BCUT2D eigenvalue weighted by Gasteiger charge is -2.11. The van der Waals surface area contributed by atoms with Crippen molar-refractivity contribution in [3.8, 4) is 0 Å². The van der Waals surface area contributed by atoms with Crippen LogP contribution >= 0.6 is 0 Å². The van der Waals surface area contributed by atoms with Crippen LogP contribution in [0.5, 0.6) is 0 Å². The molecule has 0 saturated carbocycles. The molecule has 0 unspecified atom stereocenters. The molecule has 0 saturated heterocycles. The van der Waals surface area contributed by atoms with Crippen molar-refractivity contribution in [1.82, 2.24) is 0 Å². The fraction of sp³-hybridized carbons (Fsp3) is 0.500. The Hall–Kier alpha value is -1.84. The van der Waals surface area contributed by atoms with Gasteiger partial charge in [-0.05, 0) is 23.9 Å². The molecule has 4 heteroatoms. The van der Waals surface area contributed by atoms with Gasteiger partial charge in [-0.25, -0.2) is 9.59 Å². The topological polar surface area (TPSA) is 52.6 Å². The SMILES string of the molecule is [2H]c1c([2H])c([2H])c(C(=O)OCC(C)C)c(C(=O)OCC(C)C)c1[2H]. The maximum atomic E-state index is 12.3. The number of rotatable bonds is 6. The van der Waals surface area contributed by atoms with E-state index in [9.17, 15) is 9.59 Å². The van der Waals surface area contributed by atoms with Crippen molar-refractivity contribution in [3.05, 3.63) is 35.3 Å². The molecule has 0 bridgehead atoms. The van der Waals surface area contributed by atoms with Crippen LogP contribution in [0.15, 0.2) is 24.2 Å². The summed E-state index contributed by atoms with van der Waals surface area (Å²) in [4.78, 5) is 24.5. The highest BCUT2D eigenvalue weighted by molar-refractivity contribution is 6.03. The van der Waals surface area contributed by atoms with E-state index >= 15 is 0 Å². The van der Waals surface area contributed by atoms with Crippen molar-refractivity contribution in [1.29, 1.82) is 0 Å². The van der Waals surface area contributed by atoms with E-state index in [1.807, 2.05) is 27.7 Å². The molecule has 0 N–H and O–H groups in total. The lowest BCUT2D eigenvalue weighted by atomic mass is 10.1. The highest BCUT2D eigenvalue weighted by Crippen LogP contribution is 2.13. The quantitative estimate of drug-likeness (QED) is 0.751. The van der Waals surface area contributed by atoms with Gasteiger partial charge in [-0.15, -0.1) is 0 Å². The molecule has 0 aliphatic heterocycles. The summed E-state index contributed by atoms with van der Waals surface area (Å²) in [5.41, 5.74) is -0.981. The summed E-state index contributed by atoms with van der Waals surface area (Å²) in [5.74, 6) is -1.85. The Morgan fingerprint density at radius 3 is 1.60 bits per heavy atom. The molecule has 0 aliphatic rings. The minimum atomic E-state index is -0.966. The van der Waals surface area contributed by atoms with E-state index in [0.717, 1.165) is 0 Å². The van der Waals surface area contributed by atoms with Crippen LogP contribution in [0.1, 0.15) is 53.9 Å². The van der Waals surface area contributed by atoms with Crippen LogP contribution in [0.2, 0.25) is 0 Å². The predicted octanol–water partition coefficient (Wildman–Crippen LogP) is 3.31. The van der Waals surface area contributed by atoms with Crippen LogP contribution in [0.4, 0.5) is 0 Å². The van der Waals surface area contributed by atoms with E-state index in [2.05, 4.69) is 0 Å². The van der Waals surface area contributed by atoms with Gasteiger partial charge in [0.05, 0.1) is 29.8 Å². The van der Waals surface area contributed by atoms with Gasteiger partial charge in [0.25, 0.3) is 0 Å². The van der Waals surface area contributed by atoms with Gasteiger partial charge in [0.1, 0.15) is 0 Å². The van der Waals surface area contributed by atoms with Crippen molar-refractivity contribution < 1.29 is 24.5 Å². The monoisotopic (exact) mass is 282 g/mol. The summed E-state index contributed by atoms with van der Waals surface area (Å²) < 4.78 is 41.3. The first-order valence-electron chi connectivity index (χ1n) is 8.52. The Labute approximate surface area is 125 Å². The van der Waals surface area contributed by atoms with Gasteiger partial charge in [0.2, 0.25) is 0 Å². The average molecular weight is 282 g/mol. The number of ether oxygens (including phenoxy) is 2. The van der Waals surface area contributed by atoms with Crippen LogP contribution in [-0.2, 0) is 9.47 Å². The van der Waals surface area contributed by atoms with Crippen molar-refractivity contribution in [2.45, 2.75) is 27.7 Å². The second-order valence-electron chi connectivity index (χ2n) is 5.23. The van der Waals surface area contributed by atoms with Gasteiger partial charge in [-0.2, -0.15) is 0 Å². The van der Waals surface area contributed by atoms with Crippen LogP contribution < -0.4 is 0 Å². The minimum absolute atomic E-state index is 0.0425. The first kappa shape index (κ1) is 10.9. The summed E-state index contributed by atoms with van der Waals surface area (Å²) in [7, 11) is 0. The average Bonchev–Trinajstić information content (AvgIpc) is 2.51. The van der Waals surface area contributed by atoms with Crippen LogP contribution in [0.3, 0.4) is 0 Å². The number of esters is 2. The molecule has 0 radical (unpaired) electrons. The molecule has 0 amide bonds. The minimum Gasteiger partial charge on any atom is -0.462 e. The second-order valence-corrected chi connectivity index (χ2v) is 5.23. The lowest BCUT2D eigenvalue weighted by molar-refractivity contribution is 0.0412. The smallest absolute Gasteiger partial charge is 0.339 e. The van der Waals surface area contributed by atoms with E-state index in [1.54, 1.807) is 0 Å². The van der Waals surface area contributed by atoms with E-state index < -0.39 is 47.2 Å². The Balaban J connectivity index is 3.38. The third-order valence-electron chi connectivity index (χ3n) is 2.19. The largest absolute Gasteiger partial charge is 0.462 e. The fourth-order valence-corrected chi connectivity index (χ4v) is 1.25. The maximum Gasteiger partial charge on any atom is 0.339 e. The number of hydrogen-bond acceptors (Lipinski definition) is 4. The summed E-state index contributed by atoms with van der Waals surface area (Å²) in [6.07, 6.45) is 0. The number of carbonyl (C=O) groups excluding carboxylic acids is 2. The van der Waals surface area contributed by atoms with Crippen molar-refractivity contribution >= 4 is 11.9 Å². The van der Waals surface area contributed by atoms with E-state index in [-0.39, 0.29) is 25.0 Å². The van der Waals surface area contributed by atoms with E-state index in [1.165, 1.54) is 0 Å². The molecule has 1 aromatic rings. The van der Waals surface area contributed by atoms with Crippen molar-refractivity contribution in [2.75, 3.05) is 13.2 Å². The molecule has 0 aliphatic carbocycles. The van der Waals surface area contributed by atoms with Gasteiger partial charge < -0.3 is 9.47 Å². The Bertz CT molecular complexity index is 587. The molecule has 0 fully saturated rings. The second kappa shape index (κ2) is 7.68. The molecule has 20 heavy (non-hydrogen) atoms. The van der Waals surface area contributed by atoms with Crippen molar-refractivity contribution in [2.24, 2.45) is 11.8 Å². The molecule has 4 nitrogen and oxygen atoms in total. The highest BCUT2D eigenvalue weighted by atomic mass is 16.5. The van der Waals surface area contributed by atoms with Gasteiger partial charge in [0, 0.05) is 0 Å². The molecule has 1 aromatic carbocycles. The Morgan fingerprint density at radius 1 is 0.950 bits per heavy atom. The molecular weight excluding hydrogens is 256 g/mol. The molecular formula is C16H22O4.